The summed E-state index contributed by atoms with van der Waals surface area (Å²) >= 11 is 0. The lowest BCUT2D eigenvalue weighted by Gasteiger charge is -2.36. The van der Waals surface area contributed by atoms with E-state index in [1.165, 1.54) is 12.8 Å². The van der Waals surface area contributed by atoms with Gasteiger partial charge >= 0.3 is 0 Å². The molecule has 1 unspecified atom stereocenters. The third-order valence-electron chi connectivity index (χ3n) is 5.43. The fourth-order valence-corrected chi connectivity index (χ4v) is 4.24. The van der Waals surface area contributed by atoms with Gasteiger partial charge in [0.1, 0.15) is 11.3 Å². The lowest BCUT2D eigenvalue weighted by Crippen LogP contribution is -2.48. The van der Waals surface area contributed by atoms with Crippen molar-refractivity contribution in [3.8, 4) is 0 Å². The molecule has 1 N–H and O–H groups in total. The minimum absolute atomic E-state index is 0.0106. The number of para-hydroxylation sites is 1. The Balaban J connectivity index is 1.56. The largest absolute Gasteiger partial charge is 0.461 e. The van der Waals surface area contributed by atoms with E-state index in [0.29, 0.717) is 23.4 Å². The van der Waals surface area contributed by atoms with Gasteiger partial charge in [-0.3, -0.25) is 4.79 Å². The van der Waals surface area contributed by atoms with Crippen LogP contribution in [0.2, 0.25) is 0 Å². The van der Waals surface area contributed by atoms with Crippen LogP contribution in [0.25, 0.3) is 11.0 Å². The van der Waals surface area contributed by atoms with E-state index in [9.17, 15) is 4.79 Å². The molecule has 0 aliphatic carbocycles. The zero-order chi connectivity index (χ0) is 15.3. The number of furan rings is 1. The van der Waals surface area contributed by atoms with E-state index in [1.807, 2.05) is 31.2 Å². The van der Waals surface area contributed by atoms with Crippen molar-refractivity contribution in [2.24, 2.45) is 0 Å². The number of fused-ring (bicyclic) bond motifs is 3. The molecule has 2 aromatic rings. The molecule has 22 heavy (non-hydrogen) atoms. The minimum atomic E-state index is 0.0106. The number of carbonyl (C=O) groups is 1. The molecule has 0 spiro atoms. The van der Waals surface area contributed by atoms with Crippen LogP contribution in [0.1, 0.15) is 41.8 Å². The lowest BCUT2D eigenvalue weighted by molar-refractivity contribution is 0.0882. The number of hydrogen-bond acceptors (Lipinski definition) is 3. The van der Waals surface area contributed by atoms with Gasteiger partial charge in [0.25, 0.3) is 5.91 Å². The van der Waals surface area contributed by atoms with Crippen molar-refractivity contribution >= 4 is 16.9 Å². The highest BCUT2D eigenvalue weighted by atomic mass is 16.3. The predicted molar refractivity (Wildman–Crippen MR) is 86.0 cm³/mol. The Hall–Kier alpha value is -1.81. The summed E-state index contributed by atoms with van der Waals surface area (Å²) in [5.41, 5.74) is 1.48. The van der Waals surface area contributed by atoms with Gasteiger partial charge < -0.3 is 14.6 Å². The number of rotatable bonds is 2. The zero-order valence-corrected chi connectivity index (χ0v) is 13.1. The molecule has 0 radical (unpaired) electrons. The van der Waals surface area contributed by atoms with Gasteiger partial charge in [-0.25, -0.2) is 0 Å². The molecule has 3 heterocycles. The van der Waals surface area contributed by atoms with E-state index in [4.69, 9.17) is 4.42 Å². The van der Waals surface area contributed by atoms with Gasteiger partial charge in [0.05, 0.1) is 5.56 Å². The number of nitrogens with one attached hydrogen (secondary N) is 1. The first-order valence-electron chi connectivity index (χ1n) is 8.14. The van der Waals surface area contributed by atoms with Gasteiger partial charge in [-0.05, 0) is 45.7 Å². The molecule has 2 saturated heterocycles. The first-order chi connectivity index (χ1) is 10.6. The monoisotopic (exact) mass is 298 g/mol. The number of carbonyl (C=O) groups excluding carboxylic acids is 1. The quantitative estimate of drug-likeness (QED) is 0.926. The van der Waals surface area contributed by atoms with Crippen molar-refractivity contribution in [2.75, 3.05) is 7.05 Å². The van der Waals surface area contributed by atoms with Crippen molar-refractivity contribution in [1.82, 2.24) is 10.2 Å². The Labute approximate surface area is 130 Å². The Morgan fingerprint density at radius 2 is 1.91 bits per heavy atom. The lowest BCUT2D eigenvalue weighted by atomic mass is 9.97. The highest BCUT2D eigenvalue weighted by molar-refractivity contribution is 6.07. The van der Waals surface area contributed by atoms with E-state index < -0.39 is 0 Å². The molecule has 3 atom stereocenters. The average Bonchev–Trinajstić information content (AvgIpc) is 2.90. The van der Waals surface area contributed by atoms with E-state index >= 15 is 0 Å². The van der Waals surface area contributed by atoms with Crippen molar-refractivity contribution in [3.05, 3.63) is 35.6 Å². The van der Waals surface area contributed by atoms with Gasteiger partial charge in [-0.2, -0.15) is 0 Å². The maximum absolute atomic E-state index is 12.7. The molecule has 1 amide bonds. The summed E-state index contributed by atoms with van der Waals surface area (Å²) in [4.78, 5) is 15.2. The van der Waals surface area contributed by atoms with E-state index in [0.717, 1.165) is 23.8 Å². The second-order valence-electron chi connectivity index (χ2n) is 6.72. The second kappa shape index (κ2) is 5.13. The van der Waals surface area contributed by atoms with Crippen LogP contribution in [0.4, 0.5) is 0 Å². The predicted octanol–water partition coefficient (Wildman–Crippen LogP) is 3.10. The first kappa shape index (κ1) is 13.8. The summed E-state index contributed by atoms with van der Waals surface area (Å²) in [5, 5.41) is 4.16. The van der Waals surface area contributed by atoms with Gasteiger partial charge in [-0.15, -0.1) is 0 Å². The van der Waals surface area contributed by atoms with Crippen LogP contribution in [0.15, 0.2) is 28.7 Å². The van der Waals surface area contributed by atoms with Crippen LogP contribution in [0, 0.1) is 6.92 Å². The maximum Gasteiger partial charge on any atom is 0.255 e. The number of amides is 1. The molecular weight excluding hydrogens is 276 g/mol. The molecule has 4 heteroatoms. The van der Waals surface area contributed by atoms with Crippen molar-refractivity contribution in [1.29, 1.82) is 0 Å². The number of benzene rings is 1. The molecule has 2 aliphatic rings. The van der Waals surface area contributed by atoms with Gasteiger partial charge in [0.15, 0.2) is 0 Å². The second-order valence-corrected chi connectivity index (χ2v) is 6.72. The standard InChI is InChI=1S/C18H22N2O2/c1-11-17(15-5-3-4-6-16(15)22-11)18(21)19-12-9-13-7-8-14(10-12)20(13)2/h3-6,12-14H,7-10H2,1-2H3,(H,19,21)/t12?,13-,14+. The van der Waals surface area contributed by atoms with Gasteiger partial charge in [0.2, 0.25) is 0 Å². The summed E-state index contributed by atoms with van der Waals surface area (Å²) in [6.45, 7) is 1.87. The highest BCUT2D eigenvalue weighted by Gasteiger charge is 2.39. The summed E-state index contributed by atoms with van der Waals surface area (Å²) in [6.07, 6.45) is 4.66. The van der Waals surface area contributed by atoms with E-state index in [2.05, 4.69) is 17.3 Å². The first-order valence-corrected chi connectivity index (χ1v) is 8.14. The van der Waals surface area contributed by atoms with Crippen LogP contribution >= 0.6 is 0 Å². The third kappa shape index (κ3) is 2.13. The molecule has 1 aromatic carbocycles. The average molecular weight is 298 g/mol. The normalized spacial score (nSPS) is 28.2. The van der Waals surface area contributed by atoms with Crippen LogP contribution in [0.5, 0.6) is 0 Å². The van der Waals surface area contributed by atoms with E-state index in [1.54, 1.807) is 0 Å². The number of nitrogens with zero attached hydrogens (tertiary/aromatic N) is 1. The van der Waals surface area contributed by atoms with Crippen molar-refractivity contribution in [3.63, 3.8) is 0 Å². The Morgan fingerprint density at radius 3 is 2.64 bits per heavy atom. The fraction of sp³-hybridized carbons (Fsp3) is 0.500. The van der Waals surface area contributed by atoms with Crippen LogP contribution in [-0.2, 0) is 0 Å². The van der Waals surface area contributed by atoms with Crippen LogP contribution < -0.4 is 5.32 Å². The Bertz CT molecular complexity index is 707. The Kier molecular flexibility index (Phi) is 3.22. The SMILES string of the molecule is Cc1oc2ccccc2c1C(=O)NC1C[C@H]2CC[C@@H](C1)N2C. The molecule has 4 rings (SSSR count). The summed E-state index contributed by atoms with van der Waals surface area (Å²) < 4.78 is 5.71. The molecule has 2 bridgehead atoms. The van der Waals surface area contributed by atoms with E-state index in [-0.39, 0.29) is 11.9 Å². The van der Waals surface area contributed by atoms with Crippen molar-refractivity contribution < 1.29 is 9.21 Å². The van der Waals surface area contributed by atoms with Crippen LogP contribution in [0.3, 0.4) is 0 Å². The molecule has 4 nitrogen and oxygen atoms in total. The fourth-order valence-electron chi connectivity index (χ4n) is 4.24. The van der Waals surface area contributed by atoms with Gasteiger partial charge in [-0.1, -0.05) is 18.2 Å². The summed E-state index contributed by atoms with van der Waals surface area (Å²) in [7, 11) is 2.22. The summed E-state index contributed by atoms with van der Waals surface area (Å²) in [6, 6.07) is 9.30. The third-order valence-corrected chi connectivity index (χ3v) is 5.43. The summed E-state index contributed by atoms with van der Waals surface area (Å²) in [5.74, 6) is 0.714. The smallest absolute Gasteiger partial charge is 0.255 e. The topological polar surface area (TPSA) is 45.5 Å². The molecule has 0 saturated carbocycles. The number of piperidine rings is 1. The minimum Gasteiger partial charge on any atom is -0.461 e. The molecule has 116 valence electrons. The number of aryl methyl sites for hydroxylation is 1. The highest BCUT2D eigenvalue weighted by Crippen LogP contribution is 2.34. The molecule has 2 aliphatic heterocycles. The molecule has 2 fully saturated rings. The zero-order valence-electron chi connectivity index (χ0n) is 13.1. The number of hydrogen-bond donors (Lipinski definition) is 1. The molecular formula is C18H22N2O2. The maximum atomic E-state index is 12.7. The Morgan fingerprint density at radius 1 is 1.23 bits per heavy atom. The van der Waals surface area contributed by atoms with Crippen molar-refractivity contribution in [2.45, 2.75) is 50.7 Å². The van der Waals surface area contributed by atoms with Crippen LogP contribution in [-0.4, -0.2) is 36.0 Å². The van der Waals surface area contributed by atoms with Gasteiger partial charge in [0, 0.05) is 23.5 Å². The molecule has 1 aromatic heterocycles.